The largest absolute Gasteiger partial charge is 0.457 e. The summed E-state index contributed by atoms with van der Waals surface area (Å²) in [6, 6.07) is 18.1. The third-order valence-corrected chi connectivity index (χ3v) is 3.79. The highest BCUT2D eigenvalue weighted by Gasteiger charge is 2.19. The van der Waals surface area contributed by atoms with Crippen molar-refractivity contribution in [1.29, 1.82) is 0 Å². The molecule has 4 aromatic rings. The zero-order valence-corrected chi connectivity index (χ0v) is 13.9. The molecule has 0 aliphatic heterocycles. The summed E-state index contributed by atoms with van der Waals surface area (Å²) in [4.78, 5) is 16.6. The van der Waals surface area contributed by atoms with Crippen molar-refractivity contribution in [3.05, 3.63) is 78.6 Å². The Balaban J connectivity index is 1.53. The molecule has 0 spiro atoms. The highest BCUT2D eigenvalue weighted by Crippen LogP contribution is 2.26. The quantitative estimate of drug-likeness (QED) is 0.399. The fraction of sp³-hybridized carbons (Fsp3) is 0.0500. The van der Waals surface area contributed by atoms with Crippen molar-refractivity contribution < 1.29 is 18.5 Å². The number of benzene rings is 2. The molecule has 0 radical (unpaired) electrons. The van der Waals surface area contributed by atoms with E-state index in [1.54, 1.807) is 37.3 Å². The summed E-state index contributed by atoms with van der Waals surface area (Å²) >= 11 is 0. The SMILES string of the molecule is Cc1nc(-c2ccc(OC(=O)c3occc3-c3ccccc3)cc2)no1. The van der Waals surface area contributed by atoms with Crippen molar-refractivity contribution in [2.75, 3.05) is 0 Å². The van der Waals surface area contributed by atoms with Gasteiger partial charge in [-0.25, -0.2) is 4.79 Å². The molecule has 0 unspecified atom stereocenters. The topological polar surface area (TPSA) is 78.4 Å². The summed E-state index contributed by atoms with van der Waals surface area (Å²) in [6.45, 7) is 1.72. The number of hydrogen-bond acceptors (Lipinski definition) is 6. The number of hydrogen-bond donors (Lipinski definition) is 0. The number of carbonyl (C=O) groups is 1. The van der Waals surface area contributed by atoms with Crippen molar-refractivity contribution in [2.24, 2.45) is 0 Å². The summed E-state index contributed by atoms with van der Waals surface area (Å²) in [5, 5.41) is 3.85. The highest BCUT2D eigenvalue weighted by atomic mass is 16.5. The van der Waals surface area contributed by atoms with Crippen molar-refractivity contribution >= 4 is 5.97 Å². The predicted molar refractivity (Wildman–Crippen MR) is 93.6 cm³/mol. The van der Waals surface area contributed by atoms with E-state index in [9.17, 15) is 4.79 Å². The van der Waals surface area contributed by atoms with Crippen LogP contribution < -0.4 is 4.74 Å². The minimum atomic E-state index is -0.558. The fourth-order valence-corrected chi connectivity index (χ4v) is 2.55. The molecule has 128 valence electrons. The molecule has 0 aliphatic rings. The molecule has 0 saturated carbocycles. The molecule has 0 fully saturated rings. The maximum Gasteiger partial charge on any atom is 0.380 e. The average Bonchev–Trinajstić information content (AvgIpc) is 3.32. The van der Waals surface area contributed by atoms with Crippen LogP contribution in [0.3, 0.4) is 0 Å². The van der Waals surface area contributed by atoms with Crippen LogP contribution in [0.5, 0.6) is 5.75 Å². The second-order valence-electron chi connectivity index (χ2n) is 5.58. The van der Waals surface area contributed by atoms with E-state index in [2.05, 4.69) is 10.1 Å². The van der Waals surface area contributed by atoms with Gasteiger partial charge in [-0.3, -0.25) is 0 Å². The fourth-order valence-electron chi connectivity index (χ4n) is 2.55. The lowest BCUT2D eigenvalue weighted by Crippen LogP contribution is -2.08. The molecular weight excluding hydrogens is 332 g/mol. The van der Waals surface area contributed by atoms with Crippen LogP contribution in [0.15, 0.2) is 75.9 Å². The summed E-state index contributed by atoms with van der Waals surface area (Å²) in [7, 11) is 0. The van der Waals surface area contributed by atoms with Crippen LogP contribution in [0.1, 0.15) is 16.4 Å². The molecule has 0 aliphatic carbocycles. The lowest BCUT2D eigenvalue weighted by atomic mass is 10.1. The molecule has 6 nitrogen and oxygen atoms in total. The van der Waals surface area contributed by atoms with Gasteiger partial charge in [0.15, 0.2) is 0 Å². The van der Waals surface area contributed by atoms with Crippen LogP contribution in [0.2, 0.25) is 0 Å². The van der Waals surface area contributed by atoms with Crippen molar-refractivity contribution in [3.63, 3.8) is 0 Å². The number of furan rings is 1. The first-order valence-electron chi connectivity index (χ1n) is 7.96. The Hall–Kier alpha value is -3.67. The van der Waals surface area contributed by atoms with Gasteiger partial charge in [0.2, 0.25) is 17.5 Å². The monoisotopic (exact) mass is 346 g/mol. The van der Waals surface area contributed by atoms with Gasteiger partial charge in [0, 0.05) is 18.1 Å². The Bertz CT molecular complexity index is 1030. The number of aromatic nitrogens is 2. The number of rotatable bonds is 4. The maximum atomic E-state index is 12.5. The summed E-state index contributed by atoms with van der Waals surface area (Å²) < 4.78 is 15.7. The van der Waals surface area contributed by atoms with E-state index >= 15 is 0 Å². The predicted octanol–water partition coefficient (Wildman–Crippen LogP) is 4.52. The standard InChI is InChI=1S/C20H14N2O4/c1-13-21-19(22-26-13)15-7-9-16(10-8-15)25-20(23)18-17(11-12-24-18)14-5-3-2-4-6-14/h2-12H,1H3. The molecule has 26 heavy (non-hydrogen) atoms. The smallest absolute Gasteiger partial charge is 0.380 e. The third-order valence-electron chi connectivity index (χ3n) is 3.79. The lowest BCUT2D eigenvalue weighted by molar-refractivity contribution is 0.0702. The van der Waals surface area contributed by atoms with Crippen molar-refractivity contribution in [1.82, 2.24) is 10.1 Å². The van der Waals surface area contributed by atoms with E-state index in [-0.39, 0.29) is 5.76 Å². The van der Waals surface area contributed by atoms with Crippen LogP contribution in [0.4, 0.5) is 0 Å². The third kappa shape index (κ3) is 3.12. The number of aryl methyl sites for hydroxylation is 1. The molecule has 2 aromatic carbocycles. The Morgan fingerprint density at radius 1 is 0.962 bits per heavy atom. The van der Waals surface area contributed by atoms with Crippen LogP contribution in [-0.2, 0) is 0 Å². The summed E-state index contributed by atoms with van der Waals surface area (Å²) in [5.41, 5.74) is 2.34. The molecule has 0 atom stereocenters. The van der Waals surface area contributed by atoms with Gasteiger partial charge < -0.3 is 13.7 Å². The zero-order chi connectivity index (χ0) is 17.9. The van der Waals surface area contributed by atoms with Crippen LogP contribution in [0.25, 0.3) is 22.5 Å². The molecule has 0 N–H and O–H groups in total. The van der Waals surface area contributed by atoms with E-state index in [4.69, 9.17) is 13.7 Å². The second kappa shape index (κ2) is 6.68. The van der Waals surface area contributed by atoms with Crippen LogP contribution in [-0.4, -0.2) is 16.1 Å². The van der Waals surface area contributed by atoms with Crippen molar-refractivity contribution in [2.45, 2.75) is 6.92 Å². The minimum absolute atomic E-state index is 0.161. The molecule has 0 amide bonds. The number of ether oxygens (including phenoxy) is 1. The Labute approximate surface area is 149 Å². The van der Waals surface area contributed by atoms with Gasteiger partial charge in [0.05, 0.1) is 6.26 Å². The van der Waals surface area contributed by atoms with Gasteiger partial charge in [0.1, 0.15) is 5.75 Å². The van der Waals surface area contributed by atoms with Gasteiger partial charge in [-0.05, 0) is 35.9 Å². The van der Waals surface area contributed by atoms with E-state index in [0.717, 1.165) is 11.1 Å². The summed E-state index contributed by atoms with van der Waals surface area (Å²) in [6.07, 6.45) is 1.47. The first-order valence-corrected chi connectivity index (χ1v) is 7.96. The Morgan fingerprint density at radius 2 is 1.73 bits per heavy atom. The van der Waals surface area contributed by atoms with Gasteiger partial charge in [0.25, 0.3) is 0 Å². The van der Waals surface area contributed by atoms with Gasteiger partial charge in [-0.15, -0.1) is 0 Å². The normalized spacial score (nSPS) is 10.7. The highest BCUT2D eigenvalue weighted by molar-refractivity contribution is 5.95. The maximum absolute atomic E-state index is 12.5. The van der Waals surface area contributed by atoms with E-state index in [1.165, 1.54) is 6.26 Å². The van der Waals surface area contributed by atoms with E-state index in [0.29, 0.717) is 23.0 Å². The molecule has 2 heterocycles. The molecule has 0 bridgehead atoms. The summed E-state index contributed by atoms with van der Waals surface area (Å²) in [5.74, 6) is 0.972. The van der Waals surface area contributed by atoms with E-state index in [1.807, 2.05) is 30.3 Å². The molecular formula is C20H14N2O4. The molecule has 4 rings (SSSR count). The van der Waals surface area contributed by atoms with Crippen LogP contribution >= 0.6 is 0 Å². The van der Waals surface area contributed by atoms with E-state index < -0.39 is 5.97 Å². The number of esters is 1. The zero-order valence-electron chi connectivity index (χ0n) is 13.9. The first-order chi connectivity index (χ1) is 12.7. The first kappa shape index (κ1) is 15.8. The van der Waals surface area contributed by atoms with Gasteiger partial charge in [-0.1, -0.05) is 35.5 Å². The molecule has 2 aromatic heterocycles. The molecule has 0 saturated heterocycles. The van der Waals surface area contributed by atoms with Crippen LogP contribution in [0, 0.1) is 6.92 Å². The number of nitrogens with zero attached hydrogens (tertiary/aromatic N) is 2. The minimum Gasteiger partial charge on any atom is -0.457 e. The number of carbonyl (C=O) groups excluding carboxylic acids is 1. The Morgan fingerprint density at radius 3 is 2.42 bits per heavy atom. The Kier molecular flexibility index (Phi) is 4.07. The second-order valence-corrected chi connectivity index (χ2v) is 5.58. The van der Waals surface area contributed by atoms with Gasteiger partial charge in [-0.2, -0.15) is 4.98 Å². The average molecular weight is 346 g/mol. The molecule has 6 heteroatoms. The van der Waals surface area contributed by atoms with Gasteiger partial charge >= 0.3 is 5.97 Å². The lowest BCUT2D eigenvalue weighted by Gasteiger charge is -2.05. The van der Waals surface area contributed by atoms with Crippen molar-refractivity contribution in [3.8, 4) is 28.3 Å².